The number of benzene rings is 4. The van der Waals surface area contributed by atoms with E-state index in [-0.39, 0.29) is 22.9 Å². The first-order valence-corrected chi connectivity index (χ1v) is 16.9. The molecule has 0 radical (unpaired) electrons. The molecule has 4 rings (SSSR count). The summed E-state index contributed by atoms with van der Waals surface area (Å²) >= 11 is 6.34. The lowest BCUT2D eigenvalue weighted by Crippen LogP contribution is -2.53. The Hall–Kier alpha value is -4.42. The monoisotopic (exact) mass is 703 g/mol. The molecule has 0 bridgehead atoms. The molecule has 0 unspecified atom stereocenters. The van der Waals surface area contributed by atoms with Crippen molar-refractivity contribution in [3.8, 4) is 0 Å². The van der Waals surface area contributed by atoms with E-state index in [2.05, 4.69) is 5.32 Å². The number of hydrogen-bond acceptors (Lipinski definition) is 4. The Morgan fingerprint density at radius 1 is 0.875 bits per heavy atom. The van der Waals surface area contributed by atoms with Crippen molar-refractivity contribution in [2.24, 2.45) is 0 Å². The number of nitrogens with zero attached hydrogens (tertiary/aromatic N) is 2. The van der Waals surface area contributed by atoms with Crippen molar-refractivity contribution in [2.75, 3.05) is 17.4 Å². The molecule has 48 heavy (non-hydrogen) atoms. The van der Waals surface area contributed by atoms with Crippen LogP contribution in [0.15, 0.2) is 108 Å². The summed E-state index contributed by atoms with van der Waals surface area (Å²) in [6.45, 7) is 1.01. The number of unbranched alkanes of at least 4 members (excludes halogenated alkanes) is 1. The average molecular weight is 704 g/mol. The van der Waals surface area contributed by atoms with Gasteiger partial charge in [-0.2, -0.15) is 13.2 Å². The average Bonchev–Trinajstić information content (AvgIpc) is 3.06. The van der Waals surface area contributed by atoms with Crippen LogP contribution in [-0.4, -0.2) is 44.3 Å². The van der Waals surface area contributed by atoms with Gasteiger partial charge < -0.3 is 10.2 Å². The molecule has 0 spiro atoms. The molecule has 0 aliphatic rings. The van der Waals surface area contributed by atoms with Crippen LogP contribution in [0, 0.1) is 5.82 Å². The van der Waals surface area contributed by atoms with Gasteiger partial charge in [0.2, 0.25) is 11.8 Å². The fourth-order valence-corrected chi connectivity index (χ4v) is 6.68. The van der Waals surface area contributed by atoms with Gasteiger partial charge in [0.05, 0.1) is 21.2 Å². The summed E-state index contributed by atoms with van der Waals surface area (Å²) in [5, 5.41) is 2.49. The van der Waals surface area contributed by atoms with E-state index in [1.807, 2.05) is 6.92 Å². The van der Waals surface area contributed by atoms with Gasteiger partial charge in [0, 0.05) is 19.5 Å². The molecule has 0 aliphatic carbocycles. The normalized spacial score (nSPS) is 12.3. The van der Waals surface area contributed by atoms with E-state index in [0.29, 0.717) is 40.5 Å². The number of carbonyl (C=O) groups is 2. The van der Waals surface area contributed by atoms with Crippen LogP contribution in [0.25, 0.3) is 0 Å². The molecule has 4 aromatic rings. The minimum Gasteiger partial charge on any atom is -0.354 e. The Bertz CT molecular complexity index is 1790. The summed E-state index contributed by atoms with van der Waals surface area (Å²) in [6.07, 6.45) is -3.38. The van der Waals surface area contributed by atoms with Gasteiger partial charge in [-0.1, -0.05) is 85.6 Å². The SMILES string of the molecule is CCCCNC(=O)[C@@H](Cc1ccccc1)N(Cc1ccc(F)cc1)C(=O)CN(c1cc(C(F)(F)F)ccc1Cl)S(=O)(=O)c1ccccc1. The summed E-state index contributed by atoms with van der Waals surface area (Å²) < 4.78 is 83.9. The molecular formula is C35H34ClF4N3O4S. The number of sulfonamides is 1. The predicted octanol–water partition coefficient (Wildman–Crippen LogP) is 7.25. The summed E-state index contributed by atoms with van der Waals surface area (Å²) in [5.74, 6) is -1.95. The second-order valence-electron chi connectivity index (χ2n) is 11.0. The van der Waals surface area contributed by atoms with E-state index in [0.717, 1.165) is 17.4 Å². The second-order valence-corrected chi connectivity index (χ2v) is 13.3. The number of halogens is 5. The van der Waals surface area contributed by atoms with Crippen molar-refractivity contribution in [1.29, 1.82) is 0 Å². The number of carbonyl (C=O) groups excluding carboxylic acids is 2. The maximum absolute atomic E-state index is 14.4. The Morgan fingerprint density at radius 2 is 1.50 bits per heavy atom. The highest BCUT2D eigenvalue weighted by Gasteiger charge is 2.37. The van der Waals surface area contributed by atoms with Gasteiger partial charge in [-0.3, -0.25) is 13.9 Å². The smallest absolute Gasteiger partial charge is 0.354 e. The van der Waals surface area contributed by atoms with Gasteiger partial charge >= 0.3 is 6.18 Å². The van der Waals surface area contributed by atoms with E-state index in [9.17, 15) is 35.6 Å². The Morgan fingerprint density at radius 3 is 2.10 bits per heavy atom. The van der Waals surface area contributed by atoms with Crippen LogP contribution in [0.5, 0.6) is 0 Å². The van der Waals surface area contributed by atoms with Gasteiger partial charge in [-0.05, 0) is 60.0 Å². The Labute approximate surface area is 282 Å². The molecule has 7 nitrogen and oxygen atoms in total. The second kappa shape index (κ2) is 16.1. The minimum absolute atomic E-state index is 0.0292. The largest absolute Gasteiger partial charge is 0.416 e. The van der Waals surface area contributed by atoms with Gasteiger partial charge in [0.1, 0.15) is 18.4 Å². The number of nitrogens with one attached hydrogen (secondary N) is 1. The molecule has 0 fully saturated rings. The number of amides is 2. The van der Waals surface area contributed by atoms with Gasteiger partial charge in [-0.15, -0.1) is 0 Å². The fourth-order valence-electron chi connectivity index (χ4n) is 4.96. The molecule has 2 amide bonds. The van der Waals surface area contributed by atoms with Crippen LogP contribution in [0.2, 0.25) is 5.02 Å². The topological polar surface area (TPSA) is 86.8 Å². The van der Waals surface area contributed by atoms with Crippen LogP contribution >= 0.6 is 11.6 Å². The quantitative estimate of drug-likeness (QED) is 0.111. The van der Waals surface area contributed by atoms with Gasteiger partial charge in [-0.25, -0.2) is 12.8 Å². The van der Waals surface area contributed by atoms with Crippen molar-refractivity contribution in [2.45, 2.75) is 49.8 Å². The minimum atomic E-state index is -4.85. The maximum Gasteiger partial charge on any atom is 0.416 e. The van der Waals surface area contributed by atoms with Crippen LogP contribution in [-0.2, 0) is 38.8 Å². The third-order valence-electron chi connectivity index (χ3n) is 7.52. The summed E-state index contributed by atoms with van der Waals surface area (Å²) in [6, 6.07) is 21.9. The highest BCUT2D eigenvalue weighted by Crippen LogP contribution is 2.37. The summed E-state index contributed by atoms with van der Waals surface area (Å²) in [5.41, 5.74) is -0.626. The zero-order valence-corrected chi connectivity index (χ0v) is 27.5. The van der Waals surface area contributed by atoms with Crippen molar-refractivity contribution < 1.29 is 35.6 Å². The summed E-state index contributed by atoms with van der Waals surface area (Å²) in [7, 11) is -4.68. The van der Waals surface area contributed by atoms with Crippen LogP contribution in [0.4, 0.5) is 23.2 Å². The molecule has 4 aromatic carbocycles. The molecular weight excluding hydrogens is 670 g/mol. The predicted molar refractivity (Wildman–Crippen MR) is 176 cm³/mol. The maximum atomic E-state index is 14.4. The van der Waals surface area contributed by atoms with E-state index in [4.69, 9.17) is 11.6 Å². The van der Waals surface area contributed by atoms with Gasteiger partial charge in [0.25, 0.3) is 10.0 Å². The first kappa shape index (κ1) is 36.4. The zero-order valence-electron chi connectivity index (χ0n) is 26.0. The van der Waals surface area contributed by atoms with E-state index in [1.54, 1.807) is 36.4 Å². The first-order chi connectivity index (χ1) is 22.8. The Kier molecular flexibility index (Phi) is 12.2. The molecule has 0 heterocycles. The molecule has 1 atom stereocenters. The molecule has 13 heteroatoms. The third kappa shape index (κ3) is 9.35. The van der Waals surface area contributed by atoms with Crippen LogP contribution < -0.4 is 9.62 Å². The molecule has 0 saturated carbocycles. The van der Waals surface area contributed by atoms with E-state index in [1.165, 1.54) is 48.5 Å². The lowest BCUT2D eigenvalue weighted by atomic mass is 10.0. The molecule has 254 valence electrons. The highest BCUT2D eigenvalue weighted by atomic mass is 35.5. The Balaban J connectivity index is 1.85. The molecule has 0 aromatic heterocycles. The molecule has 0 saturated heterocycles. The lowest BCUT2D eigenvalue weighted by Gasteiger charge is -2.34. The standard InChI is InChI=1S/C35H34ClF4N3O4S/c1-2-3-20-41-34(45)32(21-25-10-6-4-7-11-25)42(23-26-14-17-28(37)18-15-26)33(44)24-43(48(46,47)29-12-8-5-9-13-29)31-22-27(35(38,39)40)16-19-30(31)36/h4-19,22,32H,2-3,20-21,23-24H2,1H3,(H,41,45)/t32-/m1/s1. The van der Waals surface area contributed by atoms with Crippen LogP contribution in [0.1, 0.15) is 36.5 Å². The number of anilines is 1. The first-order valence-electron chi connectivity index (χ1n) is 15.1. The molecule has 0 aliphatic heterocycles. The highest BCUT2D eigenvalue weighted by molar-refractivity contribution is 7.92. The van der Waals surface area contributed by atoms with Crippen molar-refractivity contribution >= 4 is 39.1 Å². The van der Waals surface area contributed by atoms with Crippen LogP contribution in [0.3, 0.4) is 0 Å². The third-order valence-corrected chi connectivity index (χ3v) is 9.61. The number of rotatable bonds is 14. The van der Waals surface area contributed by atoms with Crippen molar-refractivity contribution in [3.05, 3.63) is 131 Å². The zero-order chi connectivity index (χ0) is 34.9. The lowest BCUT2D eigenvalue weighted by molar-refractivity contribution is -0.140. The van der Waals surface area contributed by atoms with E-state index >= 15 is 0 Å². The fraction of sp³-hybridized carbons (Fsp3) is 0.257. The van der Waals surface area contributed by atoms with Crippen molar-refractivity contribution in [1.82, 2.24) is 10.2 Å². The number of alkyl halides is 3. The van der Waals surface area contributed by atoms with Crippen molar-refractivity contribution in [3.63, 3.8) is 0 Å². The van der Waals surface area contributed by atoms with Gasteiger partial charge in [0.15, 0.2) is 0 Å². The molecule has 1 N–H and O–H groups in total. The van der Waals surface area contributed by atoms with E-state index < -0.39 is 57.7 Å². The summed E-state index contributed by atoms with van der Waals surface area (Å²) in [4.78, 5) is 29.1. The number of hydrogen-bond donors (Lipinski definition) is 1.